The van der Waals surface area contributed by atoms with Gasteiger partial charge in [0.1, 0.15) is 5.75 Å². The first-order valence-electron chi connectivity index (χ1n) is 9.64. The van der Waals surface area contributed by atoms with Gasteiger partial charge in [0, 0.05) is 17.8 Å². The lowest BCUT2D eigenvalue weighted by atomic mass is 9.99. The van der Waals surface area contributed by atoms with Gasteiger partial charge in [-0.2, -0.15) is 0 Å². The summed E-state index contributed by atoms with van der Waals surface area (Å²) in [5.41, 5.74) is 2.61. The van der Waals surface area contributed by atoms with Crippen molar-refractivity contribution < 1.29 is 14.3 Å². The van der Waals surface area contributed by atoms with Crippen LogP contribution in [0, 0.1) is 0 Å². The van der Waals surface area contributed by atoms with E-state index in [1.54, 1.807) is 31.2 Å². The van der Waals surface area contributed by atoms with Gasteiger partial charge >= 0.3 is 0 Å². The van der Waals surface area contributed by atoms with Crippen molar-refractivity contribution >= 4 is 40.5 Å². The number of nitrogens with one attached hydrogen (secondary N) is 3. The quantitative estimate of drug-likeness (QED) is 0.558. The minimum Gasteiger partial charge on any atom is -0.484 e. The van der Waals surface area contributed by atoms with Gasteiger partial charge in [-0.1, -0.05) is 32.9 Å². The Labute approximate surface area is 177 Å². The van der Waals surface area contributed by atoms with E-state index in [1.807, 2.05) is 24.3 Å². The third-order valence-corrected chi connectivity index (χ3v) is 4.64. The van der Waals surface area contributed by atoms with Gasteiger partial charge in [0.25, 0.3) is 5.91 Å². The van der Waals surface area contributed by atoms with Gasteiger partial charge in [0.15, 0.2) is 11.7 Å². The van der Waals surface area contributed by atoms with Crippen LogP contribution in [0.15, 0.2) is 48.5 Å². The minimum atomic E-state index is -0.248. The predicted molar refractivity (Wildman–Crippen MR) is 120 cm³/mol. The number of hydrogen-bond donors (Lipinski definition) is 3. The summed E-state index contributed by atoms with van der Waals surface area (Å²) in [5.74, 6) is 0.764. The third-order valence-electron chi connectivity index (χ3n) is 4.43. The highest BCUT2D eigenvalue weighted by Crippen LogP contribution is 2.21. The molecule has 0 radical (unpaired) electrons. The van der Waals surface area contributed by atoms with E-state index in [9.17, 15) is 9.59 Å². The Morgan fingerprint density at radius 1 is 0.931 bits per heavy atom. The molecule has 0 aromatic heterocycles. The van der Waals surface area contributed by atoms with Crippen molar-refractivity contribution in [1.82, 2.24) is 5.32 Å². The van der Waals surface area contributed by atoms with Crippen LogP contribution in [-0.4, -0.2) is 23.5 Å². The number of hydrogen-bond acceptors (Lipinski definition) is 4. The van der Waals surface area contributed by atoms with Crippen molar-refractivity contribution in [2.75, 3.05) is 17.2 Å². The zero-order valence-corrected chi connectivity index (χ0v) is 17.8. The molecule has 2 amide bonds. The molecule has 0 fully saturated rings. The molecule has 2 aromatic rings. The number of thiocarbonyl (C=S) groups is 1. The molecule has 2 aromatic carbocycles. The van der Waals surface area contributed by atoms with Crippen LogP contribution in [0.4, 0.5) is 11.4 Å². The van der Waals surface area contributed by atoms with E-state index < -0.39 is 0 Å². The van der Waals surface area contributed by atoms with Crippen LogP contribution in [0.25, 0.3) is 0 Å². The molecule has 1 atom stereocenters. The summed E-state index contributed by atoms with van der Waals surface area (Å²) in [5, 5.41) is 8.49. The lowest BCUT2D eigenvalue weighted by Gasteiger charge is -2.12. The highest BCUT2D eigenvalue weighted by atomic mass is 32.1. The summed E-state index contributed by atoms with van der Waals surface area (Å²) in [6, 6.07) is 14.8. The molecule has 0 aliphatic carbocycles. The van der Waals surface area contributed by atoms with Gasteiger partial charge in [-0.15, -0.1) is 0 Å². The summed E-state index contributed by atoms with van der Waals surface area (Å²) < 4.78 is 5.55. The monoisotopic (exact) mass is 413 g/mol. The summed E-state index contributed by atoms with van der Waals surface area (Å²) in [4.78, 5) is 23.4. The molecular weight excluding hydrogens is 386 g/mol. The highest BCUT2D eigenvalue weighted by Gasteiger charge is 2.07. The van der Waals surface area contributed by atoms with Crippen molar-refractivity contribution in [1.29, 1.82) is 0 Å². The van der Waals surface area contributed by atoms with Crippen molar-refractivity contribution in [3.05, 3.63) is 54.1 Å². The van der Waals surface area contributed by atoms with Crippen LogP contribution in [0.1, 0.15) is 45.1 Å². The Hall–Kier alpha value is -2.93. The second-order valence-electron chi connectivity index (χ2n) is 6.65. The van der Waals surface area contributed by atoms with Crippen LogP contribution >= 0.6 is 12.2 Å². The van der Waals surface area contributed by atoms with Gasteiger partial charge in [-0.25, -0.2) is 0 Å². The summed E-state index contributed by atoms with van der Waals surface area (Å²) in [7, 11) is 0. The van der Waals surface area contributed by atoms with E-state index in [-0.39, 0.29) is 23.5 Å². The minimum absolute atomic E-state index is 0.0736. The number of carbonyl (C=O) groups excluding carboxylic acids is 2. The van der Waals surface area contributed by atoms with Crippen LogP contribution in [-0.2, 0) is 9.59 Å². The SMILES string of the molecule is CCC(=O)NC(=S)Nc1ccc(NC(=O)COc2ccc([C@H](C)CC)cc2)cc1. The van der Waals surface area contributed by atoms with Crippen LogP contribution in [0.5, 0.6) is 5.75 Å². The smallest absolute Gasteiger partial charge is 0.262 e. The van der Waals surface area contributed by atoms with Crippen LogP contribution in [0.2, 0.25) is 0 Å². The molecule has 0 saturated carbocycles. The molecule has 0 unspecified atom stereocenters. The molecule has 0 aliphatic heterocycles. The Kier molecular flexibility index (Phi) is 8.61. The van der Waals surface area contributed by atoms with Gasteiger partial charge in [0.2, 0.25) is 5.91 Å². The van der Waals surface area contributed by atoms with E-state index in [4.69, 9.17) is 17.0 Å². The van der Waals surface area contributed by atoms with Crippen LogP contribution in [0.3, 0.4) is 0 Å². The summed E-state index contributed by atoms with van der Waals surface area (Å²) in [6.07, 6.45) is 1.44. The molecule has 2 rings (SSSR count). The lowest BCUT2D eigenvalue weighted by molar-refractivity contribution is -0.119. The van der Waals surface area contributed by atoms with E-state index in [1.165, 1.54) is 5.56 Å². The Morgan fingerprint density at radius 2 is 1.52 bits per heavy atom. The molecular formula is C22H27N3O3S. The first-order chi connectivity index (χ1) is 13.9. The van der Waals surface area contributed by atoms with Crippen molar-refractivity contribution in [2.24, 2.45) is 0 Å². The average molecular weight is 414 g/mol. The fourth-order valence-electron chi connectivity index (χ4n) is 2.49. The fourth-order valence-corrected chi connectivity index (χ4v) is 2.72. The maximum Gasteiger partial charge on any atom is 0.262 e. The van der Waals surface area contributed by atoms with Gasteiger partial charge < -0.3 is 20.7 Å². The van der Waals surface area contributed by atoms with E-state index >= 15 is 0 Å². The van der Waals surface area contributed by atoms with Gasteiger partial charge in [0.05, 0.1) is 0 Å². The summed E-state index contributed by atoms with van der Waals surface area (Å²) in [6.45, 7) is 6.01. The fraction of sp³-hybridized carbons (Fsp3) is 0.318. The topological polar surface area (TPSA) is 79.5 Å². The molecule has 0 heterocycles. The largest absolute Gasteiger partial charge is 0.484 e. The Morgan fingerprint density at radius 3 is 2.07 bits per heavy atom. The van der Waals surface area contributed by atoms with Crippen LogP contribution < -0.4 is 20.7 Å². The first kappa shape index (κ1) is 22.4. The first-order valence-corrected chi connectivity index (χ1v) is 10.1. The molecule has 6 nitrogen and oxygen atoms in total. The maximum absolute atomic E-state index is 12.1. The zero-order chi connectivity index (χ0) is 21.2. The molecule has 0 bridgehead atoms. The molecule has 154 valence electrons. The van der Waals surface area contributed by atoms with E-state index in [0.29, 0.717) is 29.5 Å². The molecule has 3 N–H and O–H groups in total. The third kappa shape index (κ3) is 7.54. The molecule has 0 spiro atoms. The number of amides is 2. The standard InChI is InChI=1S/C22H27N3O3S/c1-4-15(3)16-6-12-19(13-7-16)28-14-21(27)23-17-8-10-18(11-9-17)24-22(29)25-20(26)5-2/h6-13,15H,4-5,14H2,1-3H3,(H,23,27)(H2,24,25,26,29)/t15-/m1/s1. The second-order valence-corrected chi connectivity index (χ2v) is 7.06. The average Bonchev–Trinajstić information content (AvgIpc) is 2.73. The second kappa shape index (κ2) is 11.2. The molecule has 29 heavy (non-hydrogen) atoms. The van der Waals surface area contributed by atoms with Gasteiger partial charge in [-0.05, 0) is 66.5 Å². The highest BCUT2D eigenvalue weighted by molar-refractivity contribution is 7.80. The maximum atomic E-state index is 12.1. The normalized spacial score (nSPS) is 11.3. The number of anilines is 2. The lowest BCUT2D eigenvalue weighted by Crippen LogP contribution is -2.33. The van der Waals surface area contributed by atoms with Crippen molar-refractivity contribution in [2.45, 2.75) is 39.5 Å². The molecule has 0 saturated heterocycles. The van der Waals surface area contributed by atoms with Gasteiger partial charge in [-0.3, -0.25) is 9.59 Å². The van der Waals surface area contributed by atoms with E-state index in [0.717, 1.165) is 6.42 Å². The molecule has 7 heteroatoms. The number of carbonyl (C=O) groups is 2. The number of ether oxygens (including phenoxy) is 1. The Bertz CT molecular complexity index is 835. The van der Waals surface area contributed by atoms with Crippen molar-refractivity contribution in [3.8, 4) is 5.75 Å². The number of benzene rings is 2. The Balaban J connectivity index is 1.80. The van der Waals surface area contributed by atoms with E-state index in [2.05, 4.69) is 29.8 Å². The zero-order valence-electron chi connectivity index (χ0n) is 17.0. The summed E-state index contributed by atoms with van der Waals surface area (Å²) >= 11 is 5.06. The van der Waals surface area contributed by atoms with Crippen molar-refractivity contribution in [3.63, 3.8) is 0 Å². The number of rotatable bonds is 8. The molecule has 0 aliphatic rings. The predicted octanol–water partition coefficient (Wildman–Crippen LogP) is 4.44.